The van der Waals surface area contributed by atoms with Crippen LogP contribution in [0.2, 0.25) is 0 Å². The van der Waals surface area contributed by atoms with E-state index in [0.29, 0.717) is 0 Å². The van der Waals surface area contributed by atoms with Gasteiger partial charge in [0.2, 0.25) is 0 Å². The third-order valence-electron chi connectivity index (χ3n) is 3.08. The molecule has 19 heavy (non-hydrogen) atoms. The average molecular weight is 254 g/mol. The van der Waals surface area contributed by atoms with Crippen LogP contribution in [0.5, 0.6) is 11.5 Å². The van der Waals surface area contributed by atoms with Gasteiger partial charge in [0.25, 0.3) is 0 Å². The molecule has 100 valence electrons. The second kappa shape index (κ2) is 6.98. The van der Waals surface area contributed by atoms with Crippen LogP contribution in [0, 0.1) is 0 Å². The Balaban J connectivity index is 2.23. The summed E-state index contributed by atoms with van der Waals surface area (Å²) in [5.41, 5.74) is 2.75. The van der Waals surface area contributed by atoms with Crippen LogP contribution in [-0.2, 0) is 12.8 Å². The lowest BCUT2D eigenvalue weighted by atomic mass is 10.0. The van der Waals surface area contributed by atoms with Crippen molar-refractivity contribution in [1.29, 1.82) is 0 Å². The molecule has 0 spiro atoms. The Morgan fingerprint density at radius 3 is 1.84 bits per heavy atom. The number of hydrogen-bond donors (Lipinski definition) is 0. The third-order valence-corrected chi connectivity index (χ3v) is 3.08. The minimum absolute atomic E-state index is 0.901. The van der Waals surface area contributed by atoms with E-state index in [1.165, 1.54) is 24.0 Å². The number of hydrogen-bond acceptors (Lipinski definition) is 1. The molecular formula is C18H22O. The average Bonchev–Trinajstić information content (AvgIpc) is 2.40. The summed E-state index contributed by atoms with van der Waals surface area (Å²) in [6.07, 6.45) is 4.56. The molecule has 0 heterocycles. The van der Waals surface area contributed by atoms with Crippen molar-refractivity contribution in [1.82, 2.24) is 0 Å². The highest BCUT2D eigenvalue weighted by molar-refractivity contribution is 5.38. The quantitative estimate of drug-likeness (QED) is 0.672. The SMILES string of the molecule is CCCc1cc(CCC)cc(Oc2ccccc2)c1. The van der Waals surface area contributed by atoms with Crippen LogP contribution in [-0.4, -0.2) is 0 Å². The number of benzene rings is 2. The second-order valence-electron chi connectivity index (χ2n) is 4.90. The zero-order valence-corrected chi connectivity index (χ0v) is 11.9. The van der Waals surface area contributed by atoms with Gasteiger partial charge >= 0.3 is 0 Å². The third kappa shape index (κ3) is 4.13. The highest BCUT2D eigenvalue weighted by atomic mass is 16.5. The Bertz CT molecular complexity index is 478. The molecule has 0 aromatic heterocycles. The van der Waals surface area contributed by atoms with Crippen molar-refractivity contribution in [3.63, 3.8) is 0 Å². The van der Waals surface area contributed by atoms with E-state index in [2.05, 4.69) is 32.0 Å². The van der Waals surface area contributed by atoms with Gasteiger partial charge in [0.1, 0.15) is 11.5 Å². The van der Waals surface area contributed by atoms with Crippen LogP contribution in [0.4, 0.5) is 0 Å². The van der Waals surface area contributed by atoms with Gasteiger partial charge in [-0.25, -0.2) is 0 Å². The van der Waals surface area contributed by atoms with Crippen LogP contribution in [0.25, 0.3) is 0 Å². The fraction of sp³-hybridized carbons (Fsp3) is 0.333. The summed E-state index contributed by atoms with van der Waals surface area (Å²) >= 11 is 0. The van der Waals surface area contributed by atoms with Gasteiger partial charge in [0.15, 0.2) is 0 Å². The maximum Gasteiger partial charge on any atom is 0.127 e. The summed E-state index contributed by atoms with van der Waals surface area (Å²) in [6, 6.07) is 16.6. The molecule has 0 aliphatic heterocycles. The summed E-state index contributed by atoms with van der Waals surface area (Å²) in [4.78, 5) is 0. The standard InChI is InChI=1S/C18H22O/c1-3-8-15-12-16(9-4-2)14-18(13-15)19-17-10-6-5-7-11-17/h5-7,10-14H,3-4,8-9H2,1-2H3. The molecule has 2 aromatic rings. The number of ether oxygens (including phenoxy) is 1. The summed E-state index contributed by atoms with van der Waals surface area (Å²) in [5, 5.41) is 0. The molecule has 2 rings (SSSR count). The molecular weight excluding hydrogens is 232 g/mol. The first kappa shape index (κ1) is 13.7. The van der Waals surface area contributed by atoms with Gasteiger partial charge in [0, 0.05) is 0 Å². The van der Waals surface area contributed by atoms with Crippen molar-refractivity contribution >= 4 is 0 Å². The normalized spacial score (nSPS) is 10.4. The van der Waals surface area contributed by atoms with Gasteiger partial charge in [0.05, 0.1) is 0 Å². The molecule has 0 bridgehead atoms. The monoisotopic (exact) mass is 254 g/mol. The molecule has 0 atom stereocenters. The van der Waals surface area contributed by atoms with Crippen LogP contribution >= 0.6 is 0 Å². The Morgan fingerprint density at radius 2 is 1.32 bits per heavy atom. The van der Waals surface area contributed by atoms with E-state index in [1.807, 2.05) is 30.3 Å². The van der Waals surface area contributed by atoms with E-state index < -0.39 is 0 Å². The fourth-order valence-corrected chi connectivity index (χ4v) is 2.28. The number of aryl methyl sites for hydroxylation is 2. The van der Waals surface area contributed by atoms with E-state index in [-0.39, 0.29) is 0 Å². The summed E-state index contributed by atoms with van der Waals surface area (Å²) in [7, 11) is 0. The molecule has 0 amide bonds. The predicted octanol–water partition coefficient (Wildman–Crippen LogP) is 5.38. The lowest BCUT2D eigenvalue weighted by Gasteiger charge is -2.10. The topological polar surface area (TPSA) is 9.23 Å². The van der Waals surface area contributed by atoms with Gasteiger partial charge in [-0.3, -0.25) is 0 Å². The molecule has 1 nitrogen and oxygen atoms in total. The first-order valence-corrected chi connectivity index (χ1v) is 7.17. The van der Waals surface area contributed by atoms with Crippen LogP contribution in [0.1, 0.15) is 37.8 Å². The molecule has 0 N–H and O–H groups in total. The summed E-state index contributed by atoms with van der Waals surface area (Å²) in [6.45, 7) is 4.43. The van der Waals surface area contributed by atoms with Gasteiger partial charge in [-0.05, 0) is 48.2 Å². The highest BCUT2D eigenvalue weighted by Gasteiger charge is 2.03. The smallest absolute Gasteiger partial charge is 0.127 e. The molecule has 0 unspecified atom stereocenters. The lowest BCUT2D eigenvalue weighted by molar-refractivity contribution is 0.481. The maximum atomic E-state index is 5.95. The van der Waals surface area contributed by atoms with E-state index >= 15 is 0 Å². The van der Waals surface area contributed by atoms with Crippen molar-refractivity contribution in [2.75, 3.05) is 0 Å². The van der Waals surface area contributed by atoms with Gasteiger partial charge in [-0.2, -0.15) is 0 Å². The van der Waals surface area contributed by atoms with Crippen molar-refractivity contribution < 1.29 is 4.74 Å². The van der Waals surface area contributed by atoms with E-state index in [4.69, 9.17) is 4.74 Å². The predicted molar refractivity (Wildman–Crippen MR) is 80.9 cm³/mol. The minimum atomic E-state index is 0.901. The number of rotatable bonds is 6. The van der Waals surface area contributed by atoms with Crippen LogP contribution < -0.4 is 4.74 Å². The Morgan fingerprint density at radius 1 is 0.737 bits per heavy atom. The van der Waals surface area contributed by atoms with Gasteiger partial charge in [-0.1, -0.05) is 51.0 Å². The van der Waals surface area contributed by atoms with Gasteiger partial charge in [-0.15, -0.1) is 0 Å². The fourth-order valence-electron chi connectivity index (χ4n) is 2.28. The van der Waals surface area contributed by atoms with Crippen molar-refractivity contribution in [3.8, 4) is 11.5 Å². The first-order valence-electron chi connectivity index (χ1n) is 7.17. The maximum absolute atomic E-state index is 5.95. The largest absolute Gasteiger partial charge is 0.457 e. The van der Waals surface area contributed by atoms with Crippen LogP contribution in [0.15, 0.2) is 48.5 Å². The van der Waals surface area contributed by atoms with Crippen molar-refractivity contribution in [3.05, 3.63) is 59.7 Å². The van der Waals surface area contributed by atoms with Crippen molar-refractivity contribution in [2.24, 2.45) is 0 Å². The molecule has 0 aliphatic carbocycles. The van der Waals surface area contributed by atoms with E-state index in [1.54, 1.807) is 0 Å². The Labute approximate surface area is 116 Å². The second-order valence-corrected chi connectivity index (χ2v) is 4.90. The van der Waals surface area contributed by atoms with Crippen molar-refractivity contribution in [2.45, 2.75) is 39.5 Å². The molecule has 0 aliphatic rings. The molecule has 2 aromatic carbocycles. The van der Waals surface area contributed by atoms with Crippen LogP contribution in [0.3, 0.4) is 0 Å². The number of para-hydroxylation sites is 1. The zero-order chi connectivity index (χ0) is 13.5. The minimum Gasteiger partial charge on any atom is -0.457 e. The molecule has 1 heteroatoms. The van der Waals surface area contributed by atoms with E-state index in [9.17, 15) is 0 Å². The Hall–Kier alpha value is -1.76. The molecule has 0 radical (unpaired) electrons. The Kier molecular flexibility index (Phi) is 5.02. The highest BCUT2D eigenvalue weighted by Crippen LogP contribution is 2.25. The lowest BCUT2D eigenvalue weighted by Crippen LogP contribution is -1.92. The molecule has 0 saturated carbocycles. The first-order chi connectivity index (χ1) is 9.31. The summed E-state index contributed by atoms with van der Waals surface area (Å²) in [5.74, 6) is 1.86. The molecule has 0 fully saturated rings. The zero-order valence-electron chi connectivity index (χ0n) is 11.9. The summed E-state index contributed by atoms with van der Waals surface area (Å²) < 4.78 is 5.95. The molecule has 0 saturated heterocycles. The van der Waals surface area contributed by atoms with E-state index in [0.717, 1.165) is 24.3 Å². The van der Waals surface area contributed by atoms with Gasteiger partial charge < -0.3 is 4.74 Å².